The van der Waals surface area contributed by atoms with Crippen LogP contribution in [0.5, 0.6) is 5.75 Å². The molecule has 1 fully saturated rings. The van der Waals surface area contributed by atoms with Gasteiger partial charge in [-0.25, -0.2) is 0 Å². The number of aliphatic hydroxyl groups excluding tert-OH is 1. The second-order valence-corrected chi connectivity index (χ2v) is 3.80. The number of ether oxygens (including phenoxy) is 1. The van der Waals surface area contributed by atoms with E-state index in [4.69, 9.17) is 9.84 Å². The molecule has 0 atom stereocenters. The van der Waals surface area contributed by atoms with E-state index < -0.39 is 0 Å². The van der Waals surface area contributed by atoms with E-state index >= 15 is 0 Å². The van der Waals surface area contributed by atoms with Crippen LogP contribution in [0, 0.1) is 0 Å². The number of hydrogen-bond acceptors (Lipinski definition) is 4. The molecule has 1 saturated heterocycles. The first-order valence-electron chi connectivity index (χ1n) is 5.69. The minimum atomic E-state index is 0.0551. The van der Waals surface area contributed by atoms with Gasteiger partial charge in [0.2, 0.25) is 0 Å². The molecule has 1 aliphatic rings. The van der Waals surface area contributed by atoms with Crippen LogP contribution in [0.2, 0.25) is 0 Å². The van der Waals surface area contributed by atoms with Gasteiger partial charge in [-0.05, 0) is 24.3 Å². The highest BCUT2D eigenvalue weighted by molar-refractivity contribution is 5.49. The normalized spacial score (nSPS) is 16.2. The minimum absolute atomic E-state index is 0.0551. The van der Waals surface area contributed by atoms with Crippen molar-refractivity contribution in [1.82, 2.24) is 5.32 Å². The van der Waals surface area contributed by atoms with Gasteiger partial charge in [-0.15, -0.1) is 0 Å². The topological polar surface area (TPSA) is 44.7 Å². The van der Waals surface area contributed by atoms with E-state index in [2.05, 4.69) is 22.3 Å². The number of aliphatic hydroxyl groups is 1. The molecule has 0 saturated carbocycles. The van der Waals surface area contributed by atoms with Crippen molar-refractivity contribution in [3.63, 3.8) is 0 Å². The summed E-state index contributed by atoms with van der Waals surface area (Å²) in [6.07, 6.45) is 0. The highest BCUT2D eigenvalue weighted by Gasteiger charge is 2.09. The minimum Gasteiger partial charge on any atom is -0.491 e. The van der Waals surface area contributed by atoms with E-state index in [1.54, 1.807) is 0 Å². The summed E-state index contributed by atoms with van der Waals surface area (Å²) in [5.41, 5.74) is 1.23. The summed E-state index contributed by atoms with van der Waals surface area (Å²) < 4.78 is 5.32. The summed E-state index contributed by atoms with van der Waals surface area (Å²) in [6.45, 7) is 4.60. The summed E-state index contributed by atoms with van der Waals surface area (Å²) in [6, 6.07) is 8.04. The zero-order valence-electron chi connectivity index (χ0n) is 9.35. The van der Waals surface area contributed by atoms with Crippen molar-refractivity contribution in [1.29, 1.82) is 0 Å². The maximum atomic E-state index is 8.65. The maximum absolute atomic E-state index is 8.65. The molecule has 4 nitrogen and oxygen atoms in total. The van der Waals surface area contributed by atoms with Crippen molar-refractivity contribution in [2.75, 3.05) is 44.3 Å². The highest BCUT2D eigenvalue weighted by Crippen LogP contribution is 2.19. The summed E-state index contributed by atoms with van der Waals surface area (Å²) in [7, 11) is 0. The zero-order valence-corrected chi connectivity index (χ0v) is 9.35. The van der Waals surface area contributed by atoms with Crippen LogP contribution >= 0.6 is 0 Å². The molecule has 1 aliphatic heterocycles. The lowest BCUT2D eigenvalue weighted by Crippen LogP contribution is -2.43. The lowest BCUT2D eigenvalue weighted by Gasteiger charge is -2.29. The van der Waals surface area contributed by atoms with Crippen LogP contribution < -0.4 is 15.0 Å². The molecule has 2 N–H and O–H groups in total. The molecule has 0 radical (unpaired) electrons. The molecule has 88 valence electrons. The number of nitrogens with one attached hydrogen (secondary N) is 1. The maximum Gasteiger partial charge on any atom is 0.119 e. The summed E-state index contributed by atoms with van der Waals surface area (Å²) in [5, 5.41) is 12.0. The van der Waals surface area contributed by atoms with Gasteiger partial charge in [-0.2, -0.15) is 0 Å². The van der Waals surface area contributed by atoms with Crippen molar-refractivity contribution in [2.24, 2.45) is 0 Å². The number of rotatable bonds is 4. The molecule has 0 unspecified atom stereocenters. The van der Waals surface area contributed by atoms with Crippen LogP contribution in [0.3, 0.4) is 0 Å². The van der Waals surface area contributed by atoms with Gasteiger partial charge in [0.15, 0.2) is 0 Å². The fourth-order valence-electron chi connectivity index (χ4n) is 1.84. The molecule has 16 heavy (non-hydrogen) atoms. The molecule has 0 amide bonds. The highest BCUT2D eigenvalue weighted by atomic mass is 16.5. The van der Waals surface area contributed by atoms with Gasteiger partial charge in [0.25, 0.3) is 0 Å². The third kappa shape index (κ3) is 2.87. The Morgan fingerprint density at radius 1 is 1.19 bits per heavy atom. The second-order valence-electron chi connectivity index (χ2n) is 3.80. The Morgan fingerprint density at radius 3 is 2.50 bits per heavy atom. The summed E-state index contributed by atoms with van der Waals surface area (Å²) in [5.74, 6) is 0.813. The molecular formula is C12H18N2O2. The van der Waals surface area contributed by atoms with Crippen molar-refractivity contribution in [3.8, 4) is 5.75 Å². The van der Waals surface area contributed by atoms with Crippen molar-refractivity contribution >= 4 is 5.69 Å². The van der Waals surface area contributed by atoms with Crippen LogP contribution in [-0.4, -0.2) is 44.5 Å². The first-order chi connectivity index (χ1) is 7.90. The molecule has 4 heteroatoms. The van der Waals surface area contributed by atoms with Crippen molar-refractivity contribution < 1.29 is 9.84 Å². The molecule has 0 bridgehead atoms. The number of benzene rings is 1. The third-order valence-corrected chi connectivity index (χ3v) is 2.68. The second kappa shape index (κ2) is 5.72. The molecule has 0 aliphatic carbocycles. The Labute approximate surface area is 95.8 Å². The van der Waals surface area contributed by atoms with E-state index in [-0.39, 0.29) is 6.61 Å². The number of anilines is 1. The van der Waals surface area contributed by atoms with E-state index in [0.29, 0.717) is 6.61 Å². The monoisotopic (exact) mass is 222 g/mol. The molecular weight excluding hydrogens is 204 g/mol. The molecule has 1 aromatic carbocycles. The molecule has 0 aromatic heterocycles. The van der Waals surface area contributed by atoms with Gasteiger partial charge < -0.3 is 20.1 Å². The summed E-state index contributed by atoms with van der Waals surface area (Å²) >= 11 is 0. The number of piperazine rings is 1. The van der Waals surface area contributed by atoms with Gasteiger partial charge in [0, 0.05) is 31.9 Å². The predicted molar refractivity (Wildman–Crippen MR) is 64.1 cm³/mol. The smallest absolute Gasteiger partial charge is 0.119 e. The summed E-state index contributed by atoms with van der Waals surface area (Å²) in [4.78, 5) is 2.35. The Morgan fingerprint density at radius 2 is 1.88 bits per heavy atom. The Balaban J connectivity index is 1.95. The predicted octanol–water partition coefficient (Wildman–Crippen LogP) is 0.467. The first kappa shape index (κ1) is 11.2. The lowest BCUT2D eigenvalue weighted by molar-refractivity contribution is 0.201. The number of hydrogen-bond donors (Lipinski definition) is 2. The van der Waals surface area contributed by atoms with E-state index in [9.17, 15) is 0 Å². The fourth-order valence-corrected chi connectivity index (χ4v) is 1.84. The molecule has 0 spiro atoms. The van der Waals surface area contributed by atoms with Gasteiger partial charge in [0.1, 0.15) is 12.4 Å². The quantitative estimate of drug-likeness (QED) is 0.777. The average Bonchev–Trinajstić information content (AvgIpc) is 2.38. The van der Waals surface area contributed by atoms with Crippen molar-refractivity contribution in [2.45, 2.75) is 0 Å². The van der Waals surface area contributed by atoms with Crippen LogP contribution in [0.1, 0.15) is 0 Å². The van der Waals surface area contributed by atoms with Crippen molar-refractivity contribution in [3.05, 3.63) is 24.3 Å². The van der Waals surface area contributed by atoms with Gasteiger partial charge >= 0.3 is 0 Å². The van der Waals surface area contributed by atoms with Crippen LogP contribution in [0.25, 0.3) is 0 Å². The zero-order chi connectivity index (χ0) is 11.2. The van der Waals surface area contributed by atoms with Gasteiger partial charge in [-0.3, -0.25) is 0 Å². The molecule has 1 aromatic rings. The largest absolute Gasteiger partial charge is 0.491 e. The van der Waals surface area contributed by atoms with E-state index in [1.807, 2.05) is 12.1 Å². The lowest BCUT2D eigenvalue weighted by atomic mass is 10.2. The van der Waals surface area contributed by atoms with E-state index in [1.165, 1.54) is 5.69 Å². The van der Waals surface area contributed by atoms with Crippen LogP contribution in [-0.2, 0) is 0 Å². The van der Waals surface area contributed by atoms with Gasteiger partial charge in [0.05, 0.1) is 6.61 Å². The first-order valence-corrected chi connectivity index (χ1v) is 5.69. The van der Waals surface area contributed by atoms with Gasteiger partial charge in [-0.1, -0.05) is 0 Å². The van der Waals surface area contributed by atoms with Crippen LogP contribution in [0.4, 0.5) is 5.69 Å². The Kier molecular flexibility index (Phi) is 4.02. The third-order valence-electron chi connectivity index (χ3n) is 2.68. The molecule has 2 rings (SSSR count). The Bertz CT molecular complexity index is 307. The Hall–Kier alpha value is -1.26. The fraction of sp³-hybridized carbons (Fsp3) is 0.500. The SMILES string of the molecule is OCCOc1ccc(N2CCNCC2)cc1. The molecule has 1 heterocycles. The van der Waals surface area contributed by atoms with E-state index in [0.717, 1.165) is 31.9 Å². The van der Waals surface area contributed by atoms with Crippen LogP contribution in [0.15, 0.2) is 24.3 Å². The standard InChI is InChI=1S/C12H18N2O2/c15-9-10-16-12-3-1-11(2-4-12)14-7-5-13-6-8-14/h1-4,13,15H,5-10H2. The average molecular weight is 222 g/mol. The number of nitrogens with zero attached hydrogens (tertiary/aromatic N) is 1.